The molecule has 0 aromatic heterocycles. The first-order valence-electron chi connectivity index (χ1n) is 6.28. The van der Waals surface area contributed by atoms with Crippen molar-refractivity contribution in [1.29, 1.82) is 0 Å². The average Bonchev–Trinajstić information content (AvgIpc) is 2.69. The molecule has 4 nitrogen and oxygen atoms in total. The summed E-state index contributed by atoms with van der Waals surface area (Å²) in [5, 5.41) is 0. The van der Waals surface area contributed by atoms with Gasteiger partial charge in [0.05, 0.1) is 4.90 Å². The molecule has 0 bridgehead atoms. The molecule has 1 aliphatic heterocycles. The van der Waals surface area contributed by atoms with Crippen LogP contribution in [0.5, 0.6) is 0 Å². The van der Waals surface area contributed by atoms with Crippen LogP contribution in [0.2, 0.25) is 0 Å². The lowest BCUT2D eigenvalue weighted by atomic mass is 10.0. The Morgan fingerprint density at radius 2 is 2.10 bits per heavy atom. The van der Waals surface area contributed by atoms with Crippen LogP contribution < -0.4 is 5.73 Å². The number of sulfonamides is 1. The zero-order chi connectivity index (χ0) is 15.1. The van der Waals surface area contributed by atoms with Gasteiger partial charge in [-0.1, -0.05) is 12.2 Å². The van der Waals surface area contributed by atoms with Crippen LogP contribution in [0.15, 0.2) is 23.1 Å². The molecule has 1 fully saturated rings. The zero-order valence-electron chi connectivity index (χ0n) is 11.4. The Morgan fingerprint density at radius 3 is 2.60 bits per heavy atom. The van der Waals surface area contributed by atoms with E-state index in [9.17, 15) is 12.8 Å². The van der Waals surface area contributed by atoms with Gasteiger partial charge in [-0.25, -0.2) is 12.8 Å². The van der Waals surface area contributed by atoms with Crippen molar-refractivity contribution >= 4 is 27.2 Å². The van der Waals surface area contributed by atoms with Crippen LogP contribution in [0, 0.1) is 5.82 Å². The number of hydrogen-bond acceptors (Lipinski definition) is 3. The van der Waals surface area contributed by atoms with Gasteiger partial charge in [-0.2, -0.15) is 4.31 Å². The minimum absolute atomic E-state index is 0.0247. The minimum atomic E-state index is -3.67. The van der Waals surface area contributed by atoms with Crippen LogP contribution >= 0.6 is 12.2 Å². The maximum Gasteiger partial charge on any atom is 0.243 e. The number of nitrogens with two attached hydrogens (primary N) is 1. The number of hydrogen-bond donors (Lipinski definition) is 1. The molecule has 0 radical (unpaired) electrons. The molecule has 1 aliphatic rings. The predicted octanol–water partition coefficient (Wildman–Crippen LogP) is 2.02. The number of halogens is 1. The molecule has 7 heteroatoms. The highest BCUT2D eigenvalue weighted by molar-refractivity contribution is 7.89. The second kappa shape index (κ2) is 5.05. The van der Waals surface area contributed by atoms with Crippen molar-refractivity contribution in [3.8, 4) is 0 Å². The number of nitrogens with zero attached hydrogens (tertiary/aromatic N) is 1. The zero-order valence-corrected chi connectivity index (χ0v) is 13.0. The molecule has 20 heavy (non-hydrogen) atoms. The molecule has 0 spiro atoms. The SMILES string of the molecule is CC1(C)CCCN1S(=O)(=O)c1ccc(F)c(C(N)=S)c1. The summed E-state index contributed by atoms with van der Waals surface area (Å²) in [6, 6.07) is 3.55. The Morgan fingerprint density at radius 1 is 1.45 bits per heavy atom. The van der Waals surface area contributed by atoms with Gasteiger partial charge in [0.15, 0.2) is 0 Å². The van der Waals surface area contributed by atoms with Crippen LogP contribution in [-0.4, -0.2) is 29.8 Å². The first-order valence-corrected chi connectivity index (χ1v) is 8.13. The Labute approximate surface area is 123 Å². The Hall–Kier alpha value is -1.05. The lowest BCUT2D eigenvalue weighted by Gasteiger charge is -2.30. The second-order valence-corrected chi connectivity index (χ2v) is 7.80. The van der Waals surface area contributed by atoms with Crippen LogP contribution in [0.3, 0.4) is 0 Å². The fourth-order valence-electron chi connectivity index (χ4n) is 2.51. The van der Waals surface area contributed by atoms with Crippen molar-refractivity contribution in [3.63, 3.8) is 0 Å². The van der Waals surface area contributed by atoms with Gasteiger partial charge in [0.25, 0.3) is 0 Å². The average molecular weight is 316 g/mol. The molecule has 0 atom stereocenters. The van der Waals surface area contributed by atoms with Crippen LogP contribution in [0.4, 0.5) is 4.39 Å². The van der Waals surface area contributed by atoms with E-state index in [-0.39, 0.29) is 15.4 Å². The van der Waals surface area contributed by atoms with E-state index in [1.54, 1.807) is 0 Å². The van der Waals surface area contributed by atoms with Gasteiger partial charge in [-0.15, -0.1) is 0 Å². The Bertz CT molecular complexity index is 656. The third-order valence-corrected chi connectivity index (χ3v) is 5.94. The van der Waals surface area contributed by atoms with E-state index in [2.05, 4.69) is 0 Å². The fourth-order valence-corrected chi connectivity index (χ4v) is 4.54. The molecule has 2 N–H and O–H groups in total. The summed E-state index contributed by atoms with van der Waals surface area (Å²) < 4.78 is 40.3. The van der Waals surface area contributed by atoms with Gasteiger partial charge in [-0.3, -0.25) is 0 Å². The smallest absolute Gasteiger partial charge is 0.243 e. The Kier molecular flexibility index (Phi) is 3.88. The van der Waals surface area contributed by atoms with E-state index >= 15 is 0 Å². The first-order chi connectivity index (χ1) is 9.16. The molecule has 1 heterocycles. The van der Waals surface area contributed by atoms with Crippen LogP contribution in [-0.2, 0) is 10.0 Å². The predicted molar refractivity (Wildman–Crippen MR) is 79.5 cm³/mol. The number of benzene rings is 1. The van der Waals surface area contributed by atoms with E-state index < -0.39 is 21.4 Å². The van der Waals surface area contributed by atoms with Crippen molar-refractivity contribution in [2.75, 3.05) is 6.54 Å². The van der Waals surface area contributed by atoms with Crippen molar-refractivity contribution in [3.05, 3.63) is 29.6 Å². The summed E-state index contributed by atoms with van der Waals surface area (Å²) >= 11 is 4.74. The summed E-state index contributed by atoms with van der Waals surface area (Å²) in [7, 11) is -3.67. The van der Waals surface area contributed by atoms with E-state index in [1.165, 1.54) is 16.4 Å². The van der Waals surface area contributed by atoms with E-state index in [1.807, 2.05) is 13.8 Å². The third kappa shape index (κ3) is 2.57. The minimum Gasteiger partial charge on any atom is -0.389 e. The summed E-state index contributed by atoms with van der Waals surface area (Å²) in [4.78, 5) is -0.128. The van der Waals surface area contributed by atoms with Gasteiger partial charge in [0.1, 0.15) is 10.8 Å². The molecular formula is C13H17FN2O2S2. The lowest BCUT2D eigenvalue weighted by molar-refractivity contribution is 0.291. The summed E-state index contributed by atoms with van der Waals surface area (Å²) in [5.41, 5.74) is 4.94. The quantitative estimate of drug-likeness (QED) is 0.867. The van der Waals surface area contributed by atoms with E-state index in [0.717, 1.165) is 18.9 Å². The molecule has 1 saturated heterocycles. The van der Waals surface area contributed by atoms with Crippen molar-refractivity contribution in [2.24, 2.45) is 5.73 Å². The molecule has 110 valence electrons. The highest BCUT2D eigenvalue weighted by atomic mass is 32.2. The van der Waals surface area contributed by atoms with Gasteiger partial charge in [0, 0.05) is 17.6 Å². The summed E-state index contributed by atoms with van der Waals surface area (Å²) in [6.07, 6.45) is 1.62. The van der Waals surface area contributed by atoms with E-state index in [4.69, 9.17) is 18.0 Å². The lowest BCUT2D eigenvalue weighted by Crippen LogP contribution is -2.42. The van der Waals surface area contributed by atoms with Crippen LogP contribution in [0.25, 0.3) is 0 Å². The third-order valence-electron chi connectivity index (χ3n) is 3.62. The van der Waals surface area contributed by atoms with Crippen LogP contribution in [0.1, 0.15) is 32.3 Å². The topological polar surface area (TPSA) is 63.4 Å². The number of rotatable bonds is 3. The highest BCUT2D eigenvalue weighted by Gasteiger charge is 2.41. The van der Waals surface area contributed by atoms with Gasteiger partial charge >= 0.3 is 0 Å². The van der Waals surface area contributed by atoms with Crippen molar-refractivity contribution in [1.82, 2.24) is 4.31 Å². The maximum absolute atomic E-state index is 13.6. The Balaban J connectivity index is 2.50. The summed E-state index contributed by atoms with van der Waals surface area (Å²) in [5.74, 6) is -0.614. The molecule has 0 saturated carbocycles. The molecule has 2 rings (SSSR count). The van der Waals surface area contributed by atoms with Gasteiger partial charge in [0.2, 0.25) is 10.0 Å². The maximum atomic E-state index is 13.6. The molecule has 0 unspecified atom stereocenters. The molecular weight excluding hydrogens is 299 g/mol. The first kappa shape index (κ1) is 15.3. The van der Waals surface area contributed by atoms with Crippen molar-refractivity contribution < 1.29 is 12.8 Å². The largest absolute Gasteiger partial charge is 0.389 e. The fraction of sp³-hybridized carbons (Fsp3) is 0.462. The van der Waals surface area contributed by atoms with Crippen molar-refractivity contribution in [2.45, 2.75) is 37.1 Å². The highest BCUT2D eigenvalue weighted by Crippen LogP contribution is 2.34. The number of thiocarbonyl (C=S) groups is 1. The molecule has 1 aromatic carbocycles. The second-order valence-electron chi connectivity index (χ2n) is 5.50. The summed E-state index contributed by atoms with van der Waals surface area (Å²) in [6.45, 7) is 4.24. The van der Waals surface area contributed by atoms with E-state index in [0.29, 0.717) is 6.54 Å². The van der Waals surface area contributed by atoms with Gasteiger partial charge < -0.3 is 5.73 Å². The normalized spacial score (nSPS) is 19.1. The molecule has 0 amide bonds. The standard InChI is InChI=1S/C13H17FN2O2S2/c1-13(2)6-3-7-16(13)20(17,18)9-4-5-11(14)10(8-9)12(15)19/h4-5,8H,3,6-7H2,1-2H3,(H2,15,19). The molecule has 1 aromatic rings. The molecule has 0 aliphatic carbocycles. The van der Waals surface area contributed by atoms with Gasteiger partial charge in [-0.05, 0) is 44.9 Å². The monoisotopic (exact) mass is 316 g/mol.